The van der Waals surface area contributed by atoms with Crippen molar-refractivity contribution in [1.82, 2.24) is 5.32 Å². The molecule has 0 bridgehead atoms. The topological polar surface area (TPSA) is 75.3 Å². The van der Waals surface area contributed by atoms with Crippen molar-refractivity contribution >= 4 is 33.2 Å². The molecule has 118 valence electrons. The third-order valence-corrected chi connectivity index (χ3v) is 4.92. The summed E-state index contributed by atoms with van der Waals surface area (Å²) in [6, 6.07) is 4.86. The number of hydrogen-bond donors (Lipinski definition) is 2. The van der Waals surface area contributed by atoms with Gasteiger partial charge in [-0.05, 0) is 43.5 Å². The summed E-state index contributed by atoms with van der Waals surface area (Å²) in [7, 11) is -3.45. The molecule has 0 spiro atoms. The summed E-state index contributed by atoms with van der Waals surface area (Å²) in [4.78, 5) is 11.7. The van der Waals surface area contributed by atoms with Gasteiger partial charge in [0.2, 0.25) is 10.0 Å². The molecule has 2 N–H and O–H groups in total. The molecule has 1 amide bonds. The van der Waals surface area contributed by atoms with E-state index >= 15 is 0 Å². The number of carbonyl (C=O) groups excluding carboxylic acids is 1. The summed E-state index contributed by atoms with van der Waals surface area (Å²) >= 11 is 5.64. The van der Waals surface area contributed by atoms with Crippen molar-refractivity contribution in [2.45, 2.75) is 20.8 Å². The molecular weight excluding hydrogens is 312 g/mol. The van der Waals surface area contributed by atoms with Crippen LogP contribution in [0.1, 0.15) is 29.8 Å². The van der Waals surface area contributed by atoms with Gasteiger partial charge in [0.15, 0.2) is 0 Å². The molecule has 1 unspecified atom stereocenters. The number of sulfonamides is 1. The number of nitrogens with one attached hydrogen (secondary N) is 2. The van der Waals surface area contributed by atoms with Gasteiger partial charge in [0, 0.05) is 18.0 Å². The van der Waals surface area contributed by atoms with Crippen molar-refractivity contribution in [1.29, 1.82) is 0 Å². The number of amides is 1. The van der Waals surface area contributed by atoms with E-state index < -0.39 is 10.0 Å². The zero-order valence-electron chi connectivity index (χ0n) is 12.4. The van der Waals surface area contributed by atoms with Crippen molar-refractivity contribution < 1.29 is 13.2 Å². The molecule has 1 rings (SSSR count). The first kappa shape index (κ1) is 17.8. The fourth-order valence-electron chi connectivity index (χ4n) is 1.81. The minimum atomic E-state index is -3.45. The highest BCUT2D eigenvalue weighted by atomic mass is 35.5. The van der Waals surface area contributed by atoms with Gasteiger partial charge in [0.25, 0.3) is 5.91 Å². The van der Waals surface area contributed by atoms with Crippen LogP contribution in [0.25, 0.3) is 0 Å². The molecule has 5 nitrogen and oxygen atoms in total. The van der Waals surface area contributed by atoms with Gasteiger partial charge in [0.1, 0.15) is 0 Å². The van der Waals surface area contributed by atoms with E-state index in [2.05, 4.69) is 10.0 Å². The van der Waals surface area contributed by atoms with E-state index in [4.69, 9.17) is 11.6 Å². The largest absolute Gasteiger partial charge is 0.352 e. The van der Waals surface area contributed by atoms with Crippen LogP contribution in [0.5, 0.6) is 0 Å². The predicted octanol–water partition coefficient (Wildman–Crippen LogP) is 2.36. The van der Waals surface area contributed by atoms with Crippen molar-refractivity contribution in [2.75, 3.05) is 22.9 Å². The zero-order valence-corrected chi connectivity index (χ0v) is 14.0. The first-order valence-corrected chi connectivity index (χ1v) is 8.93. The summed E-state index contributed by atoms with van der Waals surface area (Å²) in [5, 5.41) is 2.70. The van der Waals surface area contributed by atoms with Crippen molar-refractivity contribution in [3.05, 3.63) is 29.3 Å². The van der Waals surface area contributed by atoms with E-state index in [-0.39, 0.29) is 23.5 Å². The Kier molecular flexibility index (Phi) is 6.48. The van der Waals surface area contributed by atoms with E-state index in [1.807, 2.05) is 6.92 Å². The second-order valence-corrected chi connectivity index (χ2v) is 7.11. The average molecular weight is 333 g/mol. The fourth-order valence-corrected chi connectivity index (χ4v) is 3.56. The lowest BCUT2D eigenvalue weighted by molar-refractivity contribution is 0.0956. The first-order chi connectivity index (χ1) is 9.79. The van der Waals surface area contributed by atoms with Crippen LogP contribution in [0.2, 0.25) is 0 Å². The number of alkyl halides is 1. The van der Waals surface area contributed by atoms with Gasteiger partial charge in [-0.2, -0.15) is 0 Å². The van der Waals surface area contributed by atoms with Crippen LogP contribution in [-0.4, -0.2) is 32.5 Å². The normalized spacial score (nSPS) is 12.8. The molecule has 1 aromatic rings. The smallest absolute Gasteiger partial charge is 0.251 e. The molecule has 1 atom stereocenters. The van der Waals surface area contributed by atoms with Crippen molar-refractivity contribution in [2.24, 2.45) is 5.92 Å². The number of benzene rings is 1. The van der Waals surface area contributed by atoms with E-state index in [0.717, 1.165) is 0 Å². The van der Waals surface area contributed by atoms with Gasteiger partial charge in [-0.15, -0.1) is 11.6 Å². The van der Waals surface area contributed by atoms with Gasteiger partial charge in [-0.1, -0.05) is 6.92 Å². The number of rotatable bonds is 7. The molecule has 0 aliphatic rings. The van der Waals surface area contributed by atoms with E-state index in [0.29, 0.717) is 23.4 Å². The van der Waals surface area contributed by atoms with Crippen LogP contribution in [0.4, 0.5) is 5.69 Å². The second kappa shape index (κ2) is 7.66. The summed E-state index contributed by atoms with van der Waals surface area (Å²) in [5.41, 5.74) is 1.68. The summed E-state index contributed by atoms with van der Waals surface area (Å²) in [6.07, 6.45) is 0. The zero-order chi connectivity index (χ0) is 16.0. The molecule has 0 aliphatic heterocycles. The van der Waals surface area contributed by atoms with Gasteiger partial charge in [-0.25, -0.2) is 8.42 Å². The molecule has 0 saturated carbocycles. The average Bonchev–Trinajstić information content (AvgIpc) is 2.40. The lowest BCUT2D eigenvalue weighted by Gasteiger charge is -2.13. The molecule has 0 saturated heterocycles. The summed E-state index contributed by atoms with van der Waals surface area (Å²) in [5.74, 6) is -0.0471. The Morgan fingerprint density at radius 3 is 2.57 bits per heavy atom. The molecule has 0 radical (unpaired) electrons. The van der Waals surface area contributed by atoms with E-state index in [1.165, 1.54) is 0 Å². The standard InChI is InChI=1S/C14H21ClN2O3S/c1-4-16-14(18)12-5-6-13(11(3)7-12)17-21(19,20)9-10(2)8-15/h5-7,10,17H,4,8-9H2,1-3H3,(H,16,18). The van der Waals surface area contributed by atoms with Crippen LogP contribution >= 0.6 is 11.6 Å². The lowest BCUT2D eigenvalue weighted by atomic mass is 10.1. The Morgan fingerprint density at radius 1 is 1.38 bits per heavy atom. The SMILES string of the molecule is CCNC(=O)c1ccc(NS(=O)(=O)CC(C)CCl)c(C)c1. The maximum atomic E-state index is 12.0. The molecule has 0 aromatic heterocycles. The highest BCUT2D eigenvalue weighted by Gasteiger charge is 2.16. The predicted molar refractivity (Wildman–Crippen MR) is 86.5 cm³/mol. The Hall–Kier alpha value is -1.27. The third-order valence-electron chi connectivity index (χ3n) is 2.86. The summed E-state index contributed by atoms with van der Waals surface area (Å²) < 4.78 is 26.5. The van der Waals surface area contributed by atoms with Crippen LogP contribution in [0, 0.1) is 12.8 Å². The third kappa shape index (κ3) is 5.55. The molecule has 1 aromatic carbocycles. The number of anilines is 1. The Morgan fingerprint density at radius 2 is 2.05 bits per heavy atom. The second-order valence-electron chi connectivity index (χ2n) is 5.03. The minimum absolute atomic E-state index is 0.0337. The quantitative estimate of drug-likeness (QED) is 0.753. The van der Waals surface area contributed by atoms with Gasteiger partial charge in [0.05, 0.1) is 11.4 Å². The maximum absolute atomic E-state index is 12.0. The van der Waals surface area contributed by atoms with Crippen LogP contribution < -0.4 is 10.0 Å². The van der Waals surface area contributed by atoms with Gasteiger partial charge < -0.3 is 5.32 Å². The molecule has 0 heterocycles. The number of aryl methyl sites for hydroxylation is 1. The Labute approximate surface area is 131 Å². The van der Waals surface area contributed by atoms with E-state index in [9.17, 15) is 13.2 Å². The van der Waals surface area contributed by atoms with E-state index in [1.54, 1.807) is 32.0 Å². The molecule has 0 fully saturated rings. The van der Waals surface area contributed by atoms with Crippen LogP contribution in [-0.2, 0) is 10.0 Å². The van der Waals surface area contributed by atoms with Gasteiger partial charge in [-0.3, -0.25) is 9.52 Å². The number of hydrogen-bond acceptors (Lipinski definition) is 3. The monoisotopic (exact) mass is 332 g/mol. The lowest BCUT2D eigenvalue weighted by Crippen LogP contribution is -2.24. The highest BCUT2D eigenvalue weighted by molar-refractivity contribution is 7.92. The molecule has 0 aliphatic carbocycles. The minimum Gasteiger partial charge on any atom is -0.352 e. The number of carbonyl (C=O) groups is 1. The van der Waals surface area contributed by atoms with Gasteiger partial charge >= 0.3 is 0 Å². The first-order valence-electron chi connectivity index (χ1n) is 6.74. The van der Waals surface area contributed by atoms with Crippen LogP contribution in [0.3, 0.4) is 0 Å². The fraction of sp³-hybridized carbons (Fsp3) is 0.500. The maximum Gasteiger partial charge on any atom is 0.251 e. The van der Waals surface area contributed by atoms with Crippen molar-refractivity contribution in [3.8, 4) is 0 Å². The summed E-state index contributed by atoms with van der Waals surface area (Å²) in [6.45, 7) is 5.91. The Balaban J connectivity index is 2.88. The molecular formula is C14H21ClN2O3S. The molecule has 21 heavy (non-hydrogen) atoms. The van der Waals surface area contributed by atoms with Crippen LogP contribution in [0.15, 0.2) is 18.2 Å². The highest BCUT2D eigenvalue weighted by Crippen LogP contribution is 2.19. The molecule has 7 heteroatoms. The Bertz CT molecular complexity index is 602. The number of halogens is 1. The van der Waals surface area contributed by atoms with Crippen molar-refractivity contribution in [3.63, 3.8) is 0 Å².